The average molecular weight is 407 g/mol. The van der Waals surface area contributed by atoms with Gasteiger partial charge in [0, 0.05) is 32.1 Å². The van der Waals surface area contributed by atoms with Crippen LogP contribution in [0.25, 0.3) is 0 Å². The van der Waals surface area contributed by atoms with Gasteiger partial charge in [0.15, 0.2) is 5.96 Å². The molecule has 0 saturated heterocycles. The topological polar surface area (TPSA) is 48.9 Å². The summed E-state index contributed by atoms with van der Waals surface area (Å²) in [5.74, 6) is 1.86. The van der Waals surface area contributed by atoms with Gasteiger partial charge in [0.1, 0.15) is 11.4 Å². The summed E-state index contributed by atoms with van der Waals surface area (Å²) in [6.07, 6.45) is 5.79. The molecule has 4 rings (SSSR count). The lowest BCUT2D eigenvalue weighted by Gasteiger charge is -2.40. The van der Waals surface area contributed by atoms with E-state index in [4.69, 9.17) is 4.74 Å². The van der Waals surface area contributed by atoms with Crippen LogP contribution in [0.3, 0.4) is 0 Å². The lowest BCUT2D eigenvalue weighted by atomic mass is 9.86. The summed E-state index contributed by atoms with van der Waals surface area (Å²) in [7, 11) is 6.02. The summed E-state index contributed by atoms with van der Waals surface area (Å²) in [5, 5.41) is 7.16. The molecule has 2 N–H and O–H groups in total. The second-order valence-corrected chi connectivity index (χ2v) is 8.91. The fraction of sp³-hybridized carbons (Fsp3) is 0.480. The van der Waals surface area contributed by atoms with Crippen molar-refractivity contribution in [1.82, 2.24) is 15.5 Å². The molecule has 2 aromatic rings. The molecule has 0 aromatic heterocycles. The van der Waals surface area contributed by atoms with E-state index in [9.17, 15) is 0 Å². The van der Waals surface area contributed by atoms with Gasteiger partial charge < -0.3 is 20.3 Å². The smallest absolute Gasteiger partial charge is 0.191 e. The molecule has 1 spiro atoms. The van der Waals surface area contributed by atoms with Crippen LogP contribution in [0.2, 0.25) is 0 Å². The van der Waals surface area contributed by atoms with Gasteiger partial charge in [0.2, 0.25) is 0 Å². The van der Waals surface area contributed by atoms with Crippen LogP contribution < -0.4 is 15.4 Å². The number of para-hydroxylation sites is 1. The lowest BCUT2D eigenvalue weighted by molar-refractivity contribution is 0.0396. The Morgan fingerprint density at radius 2 is 1.77 bits per heavy atom. The molecule has 1 unspecified atom stereocenters. The number of aliphatic imine (C=N–C) groups is 1. The highest BCUT2D eigenvalue weighted by Gasteiger charge is 2.43. The zero-order valence-electron chi connectivity index (χ0n) is 18.4. The van der Waals surface area contributed by atoms with Gasteiger partial charge >= 0.3 is 0 Å². The van der Waals surface area contributed by atoms with Crippen LogP contribution >= 0.6 is 0 Å². The molecule has 0 bridgehead atoms. The number of rotatable bonds is 5. The second-order valence-electron chi connectivity index (χ2n) is 8.91. The highest BCUT2D eigenvalue weighted by Crippen LogP contribution is 2.46. The first kappa shape index (κ1) is 20.7. The Morgan fingerprint density at radius 3 is 2.47 bits per heavy atom. The Hall–Kier alpha value is -2.53. The molecule has 160 valence electrons. The van der Waals surface area contributed by atoms with Gasteiger partial charge in [-0.15, -0.1) is 0 Å². The molecule has 30 heavy (non-hydrogen) atoms. The summed E-state index contributed by atoms with van der Waals surface area (Å²) in [6, 6.07) is 17.4. The van der Waals surface area contributed by atoms with Crippen LogP contribution in [-0.2, 0) is 13.1 Å². The van der Waals surface area contributed by atoms with Crippen molar-refractivity contribution in [3.05, 3.63) is 65.2 Å². The van der Waals surface area contributed by atoms with Gasteiger partial charge in [0.25, 0.3) is 0 Å². The Morgan fingerprint density at radius 1 is 1.07 bits per heavy atom. The molecule has 0 amide bonds. The van der Waals surface area contributed by atoms with Crippen LogP contribution in [0.4, 0.5) is 0 Å². The molecular formula is C25H34N4O. The predicted octanol–water partition coefficient (Wildman–Crippen LogP) is 4.25. The van der Waals surface area contributed by atoms with E-state index in [0.29, 0.717) is 0 Å². The highest BCUT2D eigenvalue weighted by atomic mass is 16.5. The van der Waals surface area contributed by atoms with Crippen molar-refractivity contribution in [2.45, 2.75) is 56.8 Å². The quantitative estimate of drug-likeness (QED) is 0.576. The summed E-state index contributed by atoms with van der Waals surface area (Å²) >= 11 is 0. The van der Waals surface area contributed by atoms with Crippen LogP contribution in [0.1, 0.15) is 54.8 Å². The van der Waals surface area contributed by atoms with Gasteiger partial charge in [0.05, 0.1) is 6.04 Å². The predicted molar refractivity (Wildman–Crippen MR) is 123 cm³/mol. The van der Waals surface area contributed by atoms with E-state index >= 15 is 0 Å². The highest BCUT2D eigenvalue weighted by molar-refractivity contribution is 5.80. The van der Waals surface area contributed by atoms with Crippen molar-refractivity contribution < 1.29 is 4.74 Å². The van der Waals surface area contributed by atoms with Gasteiger partial charge in [-0.2, -0.15) is 0 Å². The Balaban J connectivity index is 1.42. The fourth-order valence-corrected chi connectivity index (χ4v) is 4.75. The second kappa shape index (κ2) is 9.09. The van der Waals surface area contributed by atoms with Crippen molar-refractivity contribution in [2.24, 2.45) is 4.99 Å². The van der Waals surface area contributed by atoms with E-state index in [1.165, 1.54) is 29.5 Å². The Labute approximate surface area is 180 Å². The van der Waals surface area contributed by atoms with Crippen LogP contribution in [-0.4, -0.2) is 37.6 Å². The van der Waals surface area contributed by atoms with E-state index < -0.39 is 0 Å². The van der Waals surface area contributed by atoms with E-state index in [1.807, 2.05) is 7.05 Å². The summed E-state index contributed by atoms with van der Waals surface area (Å²) in [5.41, 5.74) is 3.78. The largest absolute Gasteiger partial charge is 0.487 e. The molecular weight excluding hydrogens is 372 g/mol. The maximum absolute atomic E-state index is 6.49. The third kappa shape index (κ3) is 4.78. The number of hydrogen-bond donors (Lipinski definition) is 2. The normalized spacial score (nSPS) is 20.1. The zero-order valence-corrected chi connectivity index (χ0v) is 18.4. The first-order chi connectivity index (χ1) is 14.6. The van der Waals surface area contributed by atoms with E-state index in [-0.39, 0.29) is 11.6 Å². The van der Waals surface area contributed by atoms with Crippen molar-refractivity contribution >= 4 is 5.96 Å². The summed E-state index contributed by atoms with van der Waals surface area (Å²) in [6.45, 7) is 1.71. The number of nitrogens with zero attached hydrogens (tertiary/aromatic N) is 2. The first-order valence-electron chi connectivity index (χ1n) is 11.0. The average Bonchev–Trinajstić information content (AvgIpc) is 3.19. The minimum Gasteiger partial charge on any atom is -0.487 e. The standard InChI is InChI=1S/C25H34N4O/c1-26-24(27-17-19-10-12-20(13-11-19)18-29(2)3)28-22-16-25(14-6-7-15-25)30-23-9-5-4-8-21(22)23/h4-5,8-13,22H,6-7,14-18H2,1-3H3,(H2,26,27,28). The number of fused-ring (bicyclic) bond motifs is 1. The SMILES string of the molecule is CN=C(NCc1ccc(CN(C)C)cc1)NC1CC2(CCCC2)Oc2ccccc21. The molecule has 1 aliphatic heterocycles. The van der Waals surface area contributed by atoms with Crippen molar-refractivity contribution in [3.8, 4) is 5.75 Å². The minimum absolute atomic E-state index is 0.0207. The monoisotopic (exact) mass is 406 g/mol. The number of guanidine groups is 1. The van der Waals surface area contributed by atoms with Gasteiger partial charge in [-0.05, 0) is 57.0 Å². The molecule has 5 heteroatoms. The number of ether oxygens (including phenoxy) is 1. The number of benzene rings is 2. The molecule has 1 heterocycles. The number of nitrogens with one attached hydrogen (secondary N) is 2. The maximum Gasteiger partial charge on any atom is 0.191 e. The summed E-state index contributed by atoms with van der Waals surface area (Å²) in [4.78, 5) is 6.67. The molecule has 1 aliphatic carbocycles. The molecule has 2 aliphatic rings. The Kier molecular flexibility index (Phi) is 6.28. The van der Waals surface area contributed by atoms with Crippen LogP contribution in [0.5, 0.6) is 5.75 Å². The van der Waals surface area contributed by atoms with Gasteiger partial charge in [-0.25, -0.2) is 0 Å². The third-order valence-electron chi connectivity index (χ3n) is 6.23. The van der Waals surface area contributed by atoms with Crippen LogP contribution in [0, 0.1) is 0 Å². The number of hydrogen-bond acceptors (Lipinski definition) is 3. The molecule has 1 saturated carbocycles. The van der Waals surface area contributed by atoms with Crippen LogP contribution in [0.15, 0.2) is 53.5 Å². The van der Waals surface area contributed by atoms with Crippen molar-refractivity contribution in [1.29, 1.82) is 0 Å². The first-order valence-corrected chi connectivity index (χ1v) is 11.0. The molecule has 5 nitrogen and oxygen atoms in total. The minimum atomic E-state index is -0.0207. The molecule has 2 aromatic carbocycles. The Bertz CT molecular complexity index is 869. The third-order valence-corrected chi connectivity index (χ3v) is 6.23. The molecule has 0 radical (unpaired) electrons. The zero-order chi connectivity index (χ0) is 21.0. The lowest BCUT2D eigenvalue weighted by Crippen LogP contribution is -2.46. The van der Waals surface area contributed by atoms with Crippen molar-refractivity contribution in [2.75, 3.05) is 21.1 Å². The molecule has 1 atom stereocenters. The van der Waals surface area contributed by atoms with E-state index in [0.717, 1.165) is 44.1 Å². The van der Waals surface area contributed by atoms with Gasteiger partial charge in [-0.1, -0.05) is 42.5 Å². The fourth-order valence-electron chi connectivity index (χ4n) is 4.75. The van der Waals surface area contributed by atoms with E-state index in [2.05, 4.69) is 83.2 Å². The van der Waals surface area contributed by atoms with E-state index in [1.54, 1.807) is 0 Å². The van der Waals surface area contributed by atoms with Gasteiger partial charge in [-0.3, -0.25) is 4.99 Å². The molecule has 1 fully saturated rings. The van der Waals surface area contributed by atoms with Crippen molar-refractivity contribution in [3.63, 3.8) is 0 Å². The maximum atomic E-state index is 6.49. The summed E-state index contributed by atoms with van der Waals surface area (Å²) < 4.78 is 6.49.